The lowest BCUT2D eigenvalue weighted by Gasteiger charge is -2.18. The fourth-order valence-electron chi connectivity index (χ4n) is 2.83. The molecule has 0 bridgehead atoms. The van der Waals surface area contributed by atoms with Gasteiger partial charge in [0.2, 0.25) is 0 Å². The Hall–Kier alpha value is -3.38. The Balaban J connectivity index is 1.57. The zero-order valence-corrected chi connectivity index (χ0v) is 15.6. The zero-order chi connectivity index (χ0) is 19.3. The smallest absolute Gasteiger partial charge is 0.255 e. The lowest BCUT2D eigenvalue weighted by Crippen LogP contribution is -2.29. The van der Waals surface area contributed by atoms with Gasteiger partial charge in [0.15, 0.2) is 5.82 Å². The first-order valence-electron chi connectivity index (χ1n) is 8.68. The van der Waals surface area contributed by atoms with Crippen molar-refractivity contribution < 1.29 is 9.18 Å². The summed E-state index contributed by atoms with van der Waals surface area (Å²) >= 11 is 1.53. The highest BCUT2D eigenvalue weighted by atomic mass is 32.1. The summed E-state index contributed by atoms with van der Waals surface area (Å²) in [5, 5.41) is 4.94. The quantitative estimate of drug-likeness (QED) is 0.530. The Morgan fingerprint density at radius 1 is 0.929 bits per heavy atom. The summed E-state index contributed by atoms with van der Waals surface area (Å²) in [4.78, 5) is 22.3. The highest BCUT2D eigenvalue weighted by molar-refractivity contribution is 7.10. The van der Waals surface area contributed by atoms with Crippen molar-refractivity contribution in [3.05, 3.63) is 106 Å². The van der Waals surface area contributed by atoms with E-state index < -0.39 is 0 Å². The van der Waals surface area contributed by atoms with Crippen molar-refractivity contribution in [2.45, 2.75) is 6.04 Å². The van der Waals surface area contributed by atoms with Gasteiger partial charge in [-0.25, -0.2) is 14.4 Å². The van der Waals surface area contributed by atoms with Crippen LogP contribution in [0.5, 0.6) is 0 Å². The van der Waals surface area contributed by atoms with Crippen LogP contribution in [0.2, 0.25) is 0 Å². The Morgan fingerprint density at radius 3 is 2.29 bits per heavy atom. The fraction of sp³-hybridized carbons (Fsp3) is 0.0455. The number of carbonyl (C=O) groups is 1. The van der Waals surface area contributed by atoms with Crippen molar-refractivity contribution in [1.29, 1.82) is 0 Å². The summed E-state index contributed by atoms with van der Waals surface area (Å²) in [5.41, 5.74) is 2.06. The van der Waals surface area contributed by atoms with Crippen LogP contribution in [-0.4, -0.2) is 15.9 Å². The molecule has 1 unspecified atom stereocenters. The van der Waals surface area contributed by atoms with Crippen LogP contribution >= 0.6 is 11.3 Å². The van der Waals surface area contributed by atoms with Crippen LogP contribution in [0.25, 0.3) is 11.4 Å². The van der Waals surface area contributed by atoms with E-state index in [1.807, 2.05) is 47.8 Å². The molecule has 1 amide bonds. The number of rotatable bonds is 5. The van der Waals surface area contributed by atoms with Gasteiger partial charge >= 0.3 is 0 Å². The summed E-state index contributed by atoms with van der Waals surface area (Å²) in [7, 11) is 0. The van der Waals surface area contributed by atoms with Gasteiger partial charge in [-0.15, -0.1) is 11.3 Å². The molecule has 6 heteroatoms. The minimum absolute atomic E-state index is 0.290. The number of amides is 1. The molecular weight excluding hydrogens is 373 g/mol. The van der Waals surface area contributed by atoms with Crippen LogP contribution in [-0.2, 0) is 0 Å². The predicted octanol–water partition coefficient (Wildman–Crippen LogP) is 4.86. The minimum atomic E-state index is -0.373. The Labute approximate surface area is 165 Å². The number of hydrogen-bond donors (Lipinski definition) is 1. The summed E-state index contributed by atoms with van der Waals surface area (Å²) in [5.74, 6) is -0.0438. The van der Waals surface area contributed by atoms with E-state index in [4.69, 9.17) is 0 Å². The highest BCUT2D eigenvalue weighted by Crippen LogP contribution is 2.26. The van der Waals surface area contributed by atoms with Gasteiger partial charge in [0.05, 0.1) is 11.6 Å². The van der Waals surface area contributed by atoms with Crippen LogP contribution in [0.3, 0.4) is 0 Å². The summed E-state index contributed by atoms with van der Waals surface area (Å²) < 4.78 is 13.3. The number of nitrogens with zero attached hydrogens (tertiary/aromatic N) is 2. The lowest BCUT2D eigenvalue weighted by molar-refractivity contribution is 0.0943. The largest absolute Gasteiger partial charge is 0.340 e. The maximum absolute atomic E-state index is 13.3. The number of carbonyl (C=O) groups excluding carboxylic acids is 1. The van der Waals surface area contributed by atoms with Gasteiger partial charge in [-0.05, 0) is 29.1 Å². The van der Waals surface area contributed by atoms with E-state index in [0.717, 1.165) is 16.0 Å². The Kier molecular flexibility index (Phi) is 5.21. The van der Waals surface area contributed by atoms with E-state index >= 15 is 0 Å². The molecule has 28 heavy (non-hydrogen) atoms. The van der Waals surface area contributed by atoms with E-state index in [9.17, 15) is 9.18 Å². The number of hydrogen-bond acceptors (Lipinski definition) is 4. The van der Waals surface area contributed by atoms with Gasteiger partial charge in [0, 0.05) is 22.8 Å². The van der Waals surface area contributed by atoms with Crippen LogP contribution in [0.15, 0.2) is 84.5 Å². The molecule has 0 fully saturated rings. The van der Waals surface area contributed by atoms with Crippen molar-refractivity contribution >= 4 is 17.2 Å². The van der Waals surface area contributed by atoms with Gasteiger partial charge in [0.25, 0.3) is 5.91 Å². The molecule has 4 nitrogen and oxygen atoms in total. The molecule has 0 aliphatic carbocycles. The van der Waals surface area contributed by atoms with Crippen molar-refractivity contribution in [2.75, 3.05) is 0 Å². The average Bonchev–Trinajstić information content (AvgIpc) is 3.28. The van der Waals surface area contributed by atoms with Crippen molar-refractivity contribution in [3.63, 3.8) is 0 Å². The predicted molar refractivity (Wildman–Crippen MR) is 107 cm³/mol. The van der Waals surface area contributed by atoms with Gasteiger partial charge in [-0.1, -0.05) is 48.5 Å². The number of nitrogens with one attached hydrogen (secondary N) is 1. The van der Waals surface area contributed by atoms with E-state index in [1.165, 1.54) is 35.9 Å². The highest BCUT2D eigenvalue weighted by Gasteiger charge is 2.19. The number of halogens is 1. The molecule has 0 aliphatic rings. The molecule has 0 aliphatic heterocycles. The second kappa shape index (κ2) is 8.10. The molecule has 0 radical (unpaired) electrons. The number of thiophene rings is 1. The number of aromatic nitrogens is 2. The third kappa shape index (κ3) is 3.97. The monoisotopic (exact) mass is 389 g/mol. The fourth-order valence-corrected chi connectivity index (χ4v) is 3.63. The second-order valence-electron chi connectivity index (χ2n) is 6.13. The molecule has 2 heterocycles. The van der Waals surface area contributed by atoms with Crippen LogP contribution in [0.4, 0.5) is 4.39 Å². The molecule has 1 atom stereocenters. The molecule has 138 valence electrons. The summed E-state index contributed by atoms with van der Waals surface area (Å²) in [6.45, 7) is 0. The summed E-state index contributed by atoms with van der Waals surface area (Å²) in [6.07, 6.45) is 3.03. The molecular formula is C22H16FN3OS. The third-order valence-electron chi connectivity index (χ3n) is 4.25. The first kappa shape index (κ1) is 18.0. The lowest BCUT2D eigenvalue weighted by atomic mass is 10.0. The van der Waals surface area contributed by atoms with Crippen molar-refractivity contribution in [2.24, 2.45) is 0 Å². The van der Waals surface area contributed by atoms with E-state index in [2.05, 4.69) is 15.3 Å². The minimum Gasteiger partial charge on any atom is -0.340 e. The molecule has 4 aromatic rings. The molecule has 2 aromatic heterocycles. The second-order valence-corrected chi connectivity index (χ2v) is 7.11. The SMILES string of the molecule is O=C(NC(c1ccc(F)cc1)c1cccs1)c1cnc(-c2ccccc2)nc1. The van der Waals surface area contributed by atoms with Crippen LogP contribution in [0, 0.1) is 5.82 Å². The molecule has 2 aromatic carbocycles. The van der Waals surface area contributed by atoms with Crippen molar-refractivity contribution in [3.8, 4) is 11.4 Å². The zero-order valence-electron chi connectivity index (χ0n) is 14.7. The van der Waals surface area contributed by atoms with Crippen molar-refractivity contribution in [1.82, 2.24) is 15.3 Å². The van der Waals surface area contributed by atoms with Gasteiger partial charge in [-0.2, -0.15) is 0 Å². The Bertz CT molecular complexity index is 1050. The molecule has 4 rings (SSSR count). The van der Waals surface area contributed by atoms with Gasteiger partial charge < -0.3 is 5.32 Å². The van der Waals surface area contributed by atoms with Crippen LogP contribution in [0.1, 0.15) is 26.8 Å². The third-order valence-corrected chi connectivity index (χ3v) is 5.19. The summed E-state index contributed by atoms with van der Waals surface area (Å²) in [6, 6.07) is 19.2. The van der Waals surface area contributed by atoms with E-state index in [-0.39, 0.29) is 17.8 Å². The first-order chi connectivity index (χ1) is 13.7. The standard InChI is InChI=1S/C22H16FN3OS/c23-18-10-8-15(9-11-18)20(19-7-4-12-28-19)26-22(27)17-13-24-21(25-14-17)16-5-2-1-3-6-16/h1-14,20H,(H,26,27). The molecule has 0 saturated carbocycles. The maximum Gasteiger partial charge on any atom is 0.255 e. The number of benzene rings is 2. The molecule has 0 spiro atoms. The topological polar surface area (TPSA) is 54.9 Å². The first-order valence-corrected chi connectivity index (χ1v) is 9.56. The normalized spacial score (nSPS) is 11.8. The van der Waals surface area contributed by atoms with Gasteiger partial charge in [0.1, 0.15) is 5.82 Å². The van der Waals surface area contributed by atoms with Crippen LogP contribution < -0.4 is 5.32 Å². The Morgan fingerprint density at radius 2 is 1.64 bits per heavy atom. The molecule has 1 N–H and O–H groups in total. The molecule has 0 saturated heterocycles. The van der Waals surface area contributed by atoms with Gasteiger partial charge in [-0.3, -0.25) is 4.79 Å². The average molecular weight is 389 g/mol. The van der Waals surface area contributed by atoms with E-state index in [0.29, 0.717) is 11.4 Å². The van der Waals surface area contributed by atoms with E-state index in [1.54, 1.807) is 12.1 Å². The maximum atomic E-state index is 13.3.